The van der Waals surface area contributed by atoms with Crippen LogP contribution in [0.1, 0.15) is 17.3 Å². The van der Waals surface area contributed by atoms with Crippen LogP contribution in [0.15, 0.2) is 35.2 Å². The van der Waals surface area contributed by atoms with E-state index in [1.807, 2.05) is 6.92 Å². The molecule has 0 aliphatic carbocycles. The van der Waals surface area contributed by atoms with Crippen LogP contribution in [-0.4, -0.2) is 41.0 Å². The molecule has 0 aromatic heterocycles. The van der Waals surface area contributed by atoms with E-state index >= 15 is 0 Å². The number of hydrogen-bond acceptors (Lipinski definition) is 4. The van der Waals surface area contributed by atoms with E-state index in [0.717, 1.165) is 5.69 Å². The van der Waals surface area contributed by atoms with Crippen molar-refractivity contribution < 1.29 is 13.2 Å². The van der Waals surface area contributed by atoms with Gasteiger partial charge in [0, 0.05) is 36.0 Å². The fourth-order valence-corrected chi connectivity index (χ4v) is 4.09. The van der Waals surface area contributed by atoms with Gasteiger partial charge in [-0.15, -0.1) is 12.4 Å². The molecule has 1 amide bonds. The molecule has 3 rings (SSSR count). The van der Waals surface area contributed by atoms with Gasteiger partial charge in [-0.3, -0.25) is 4.79 Å². The van der Waals surface area contributed by atoms with Crippen molar-refractivity contribution in [1.29, 1.82) is 0 Å². The second-order valence-corrected chi connectivity index (χ2v) is 7.45. The van der Waals surface area contributed by atoms with Crippen molar-refractivity contribution in [1.82, 2.24) is 10.0 Å². The Hall–Kier alpha value is -1.67. The molecule has 0 spiro atoms. The maximum Gasteiger partial charge on any atom is 0.258 e. The van der Waals surface area contributed by atoms with Gasteiger partial charge in [0.15, 0.2) is 0 Å². The third kappa shape index (κ3) is 2.88. The van der Waals surface area contributed by atoms with Crippen molar-refractivity contribution in [2.75, 3.05) is 25.5 Å². The quantitative estimate of drug-likeness (QED) is 0.841. The summed E-state index contributed by atoms with van der Waals surface area (Å²) in [5, 5.41) is 4.26. The Labute approximate surface area is 147 Å². The first-order valence-electron chi connectivity index (χ1n) is 7.37. The molecule has 1 unspecified atom stereocenters. The molecular weight excluding hydrogens is 350 g/mol. The molecule has 8 heteroatoms. The van der Waals surface area contributed by atoms with Gasteiger partial charge in [0.1, 0.15) is 0 Å². The molecule has 0 saturated carbocycles. The van der Waals surface area contributed by atoms with Crippen LogP contribution in [0.25, 0.3) is 10.8 Å². The van der Waals surface area contributed by atoms with Gasteiger partial charge in [-0.1, -0.05) is 12.1 Å². The fraction of sp³-hybridized carbons (Fsp3) is 0.312. The molecule has 0 saturated heterocycles. The number of carbonyl (C=O) groups excluding carboxylic acids is 1. The zero-order valence-corrected chi connectivity index (χ0v) is 15.3. The molecule has 2 aromatic carbocycles. The van der Waals surface area contributed by atoms with E-state index in [0.29, 0.717) is 22.9 Å². The average molecular weight is 370 g/mol. The molecule has 1 aliphatic rings. The van der Waals surface area contributed by atoms with E-state index in [2.05, 4.69) is 10.0 Å². The minimum atomic E-state index is -3.65. The number of hydrogen-bond donors (Lipinski definition) is 2. The Morgan fingerprint density at radius 2 is 1.92 bits per heavy atom. The maximum absolute atomic E-state index is 12.6. The molecule has 0 fully saturated rings. The highest BCUT2D eigenvalue weighted by Gasteiger charge is 2.29. The van der Waals surface area contributed by atoms with E-state index in [9.17, 15) is 13.2 Å². The van der Waals surface area contributed by atoms with Crippen molar-refractivity contribution in [2.45, 2.75) is 17.9 Å². The molecule has 0 bridgehead atoms. The summed E-state index contributed by atoms with van der Waals surface area (Å²) in [5.74, 6) is -0.114. The Balaban J connectivity index is 0.00000208. The van der Waals surface area contributed by atoms with Crippen molar-refractivity contribution in [3.8, 4) is 0 Å². The Morgan fingerprint density at radius 3 is 2.58 bits per heavy atom. The zero-order chi connectivity index (χ0) is 16.8. The number of benzene rings is 2. The molecule has 24 heavy (non-hydrogen) atoms. The van der Waals surface area contributed by atoms with Gasteiger partial charge in [-0.05, 0) is 32.2 Å². The minimum Gasteiger partial charge on any atom is -0.316 e. The van der Waals surface area contributed by atoms with Crippen LogP contribution in [0.5, 0.6) is 0 Å². The topological polar surface area (TPSA) is 78.5 Å². The van der Waals surface area contributed by atoms with E-state index in [1.54, 1.807) is 49.3 Å². The van der Waals surface area contributed by atoms with Crippen LogP contribution in [0.2, 0.25) is 0 Å². The van der Waals surface area contributed by atoms with Gasteiger partial charge < -0.3 is 10.2 Å². The van der Waals surface area contributed by atoms with Crippen molar-refractivity contribution in [3.63, 3.8) is 0 Å². The van der Waals surface area contributed by atoms with Crippen LogP contribution >= 0.6 is 12.4 Å². The zero-order valence-electron chi connectivity index (χ0n) is 13.7. The van der Waals surface area contributed by atoms with Gasteiger partial charge >= 0.3 is 0 Å². The number of amides is 1. The predicted molar refractivity (Wildman–Crippen MR) is 97.6 cm³/mol. The number of sulfonamides is 1. The maximum atomic E-state index is 12.6. The summed E-state index contributed by atoms with van der Waals surface area (Å²) < 4.78 is 27.9. The lowest BCUT2D eigenvalue weighted by Crippen LogP contribution is -2.37. The normalized spacial score (nSPS) is 14.8. The molecule has 2 aromatic rings. The lowest BCUT2D eigenvalue weighted by atomic mass is 10.1. The number of rotatable bonds is 5. The average Bonchev–Trinajstić information content (AvgIpc) is 2.80. The molecule has 1 aliphatic heterocycles. The second kappa shape index (κ2) is 6.68. The lowest BCUT2D eigenvalue weighted by molar-refractivity contribution is 0.0999. The van der Waals surface area contributed by atoms with E-state index < -0.39 is 10.0 Å². The molecular formula is C16H20ClN3O3S. The number of carbonyl (C=O) groups is 1. The number of anilines is 1. The van der Waals surface area contributed by atoms with Crippen LogP contribution < -0.4 is 14.9 Å². The number of nitrogens with one attached hydrogen (secondary N) is 2. The smallest absolute Gasteiger partial charge is 0.258 e. The summed E-state index contributed by atoms with van der Waals surface area (Å²) >= 11 is 0. The van der Waals surface area contributed by atoms with Crippen LogP contribution in [0, 0.1) is 0 Å². The highest BCUT2D eigenvalue weighted by atomic mass is 35.5. The molecule has 130 valence electrons. The summed E-state index contributed by atoms with van der Waals surface area (Å²) in [5.41, 5.74) is 1.28. The summed E-state index contributed by atoms with van der Waals surface area (Å²) in [6.45, 7) is 2.18. The molecule has 6 nitrogen and oxygen atoms in total. The van der Waals surface area contributed by atoms with Crippen molar-refractivity contribution in [3.05, 3.63) is 35.9 Å². The molecule has 1 heterocycles. The molecule has 1 atom stereocenters. The summed E-state index contributed by atoms with van der Waals surface area (Å²) in [6, 6.07) is 8.45. The van der Waals surface area contributed by atoms with Crippen LogP contribution in [0.4, 0.5) is 5.69 Å². The first-order chi connectivity index (χ1) is 10.9. The van der Waals surface area contributed by atoms with Crippen molar-refractivity contribution >= 4 is 44.8 Å². The highest BCUT2D eigenvalue weighted by Crippen LogP contribution is 2.39. The number of nitrogens with zero attached hydrogens (tertiary/aromatic N) is 1. The van der Waals surface area contributed by atoms with Crippen LogP contribution in [-0.2, 0) is 10.0 Å². The molecule has 0 radical (unpaired) electrons. The summed E-state index contributed by atoms with van der Waals surface area (Å²) in [7, 11) is -0.183. The minimum absolute atomic E-state index is 0. The standard InChI is InChI=1S/C16H19N3O3S.ClH/c1-10(17-2)9-18-23(21,22)14-8-7-13-15-11(14)5-4-6-12(15)16(20)19(13)3;/h4-8,10,17-18H,9H2,1-3H3;1H. The third-order valence-corrected chi connectivity index (χ3v) is 5.72. The van der Waals surface area contributed by atoms with E-state index in [4.69, 9.17) is 0 Å². The Morgan fingerprint density at radius 1 is 1.21 bits per heavy atom. The van der Waals surface area contributed by atoms with Crippen molar-refractivity contribution in [2.24, 2.45) is 0 Å². The lowest BCUT2D eigenvalue weighted by Gasteiger charge is -2.14. The monoisotopic (exact) mass is 369 g/mol. The van der Waals surface area contributed by atoms with Gasteiger partial charge in [0.2, 0.25) is 10.0 Å². The number of halogens is 1. The predicted octanol–water partition coefficient (Wildman–Crippen LogP) is 1.74. The van der Waals surface area contributed by atoms with Gasteiger partial charge in [-0.2, -0.15) is 0 Å². The van der Waals surface area contributed by atoms with Gasteiger partial charge in [-0.25, -0.2) is 13.1 Å². The Bertz CT molecular complexity index is 899. The largest absolute Gasteiger partial charge is 0.316 e. The number of likely N-dealkylation sites (N-methyl/N-ethyl adjacent to an activating group) is 1. The van der Waals surface area contributed by atoms with Crippen LogP contribution in [0.3, 0.4) is 0 Å². The third-order valence-electron chi connectivity index (χ3n) is 4.24. The highest BCUT2D eigenvalue weighted by molar-refractivity contribution is 7.89. The fourth-order valence-electron chi connectivity index (χ4n) is 2.76. The summed E-state index contributed by atoms with van der Waals surface area (Å²) in [6.07, 6.45) is 0. The van der Waals surface area contributed by atoms with E-state index in [1.165, 1.54) is 0 Å². The SMILES string of the molecule is CNC(C)CNS(=O)(=O)c1ccc2c3c(cccc13)C(=O)N2C.Cl. The van der Waals surface area contributed by atoms with Gasteiger partial charge in [0.05, 0.1) is 10.6 Å². The first kappa shape index (κ1) is 18.7. The van der Waals surface area contributed by atoms with Gasteiger partial charge in [0.25, 0.3) is 5.91 Å². The Kier molecular flexibility index (Phi) is 5.19. The summed E-state index contributed by atoms with van der Waals surface area (Å²) in [4.78, 5) is 14.0. The second-order valence-electron chi connectivity index (χ2n) is 5.72. The first-order valence-corrected chi connectivity index (χ1v) is 8.86. The van der Waals surface area contributed by atoms with E-state index in [-0.39, 0.29) is 29.3 Å². The molecule has 2 N–H and O–H groups in total.